The van der Waals surface area contributed by atoms with Crippen LogP contribution in [-0.4, -0.2) is 34.5 Å². The summed E-state index contributed by atoms with van der Waals surface area (Å²) >= 11 is 0. The fraction of sp³-hybridized carbons (Fsp3) is 0.417. The molecule has 1 heterocycles. The molecule has 1 aliphatic heterocycles. The molecule has 1 aliphatic rings. The standard InChI is InChI=1S/C12H15FN2O2/c1-2-12(14)6-15(7-12)11(17)9-4-3-8(16)5-10(9)13/h3-5,16H,2,6-7,14H2,1H3. The summed E-state index contributed by atoms with van der Waals surface area (Å²) in [5.41, 5.74) is 5.59. The maximum Gasteiger partial charge on any atom is 0.256 e. The number of phenolic OH excluding ortho intramolecular Hbond substituents is 1. The molecule has 1 aromatic rings. The summed E-state index contributed by atoms with van der Waals surface area (Å²) in [6.45, 7) is 2.86. The molecule has 0 unspecified atom stereocenters. The van der Waals surface area contributed by atoms with Crippen molar-refractivity contribution in [1.29, 1.82) is 0 Å². The smallest absolute Gasteiger partial charge is 0.256 e. The molecule has 1 aromatic carbocycles. The molecule has 4 nitrogen and oxygen atoms in total. The third kappa shape index (κ3) is 2.10. The van der Waals surface area contributed by atoms with E-state index in [1.54, 1.807) is 0 Å². The molecule has 17 heavy (non-hydrogen) atoms. The van der Waals surface area contributed by atoms with Crippen molar-refractivity contribution in [3.05, 3.63) is 29.6 Å². The fourth-order valence-electron chi connectivity index (χ4n) is 1.93. The molecular formula is C12H15FN2O2. The Labute approximate surface area is 98.8 Å². The average molecular weight is 238 g/mol. The van der Waals surface area contributed by atoms with Crippen molar-refractivity contribution in [1.82, 2.24) is 4.90 Å². The van der Waals surface area contributed by atoms with Gasteiger partial charge in [0.1, 0.15) is 11.6 Å². The Morgan fingerprint density at radius 3 is 2.76 bits per heavy atom. The van der Waals surface area contributed by atoms with Gasteiger partial charge in [0.05, 0.1) is 11.1 Å². The second-order valence-corrected chi connectivity index (χ2v) is 4.54. The Hall–Kier alpha value is -1.62. The van der Waals surface area contributed by atoms with E-state index in [-0.39, 0.29) is 22.8 Å². The van der Waals surface area contributed by atoms with Crippen molar-refractivity contribution < 1.29 is 14.3 Å². The second-order valence-electron chi connectivity index (χ2n) is 4.54. The molecule has 0 saturated carbocycles. The van der Waals surface area contributed by atoms with Crippen LogP contribution in [0, 0.1) is 5.82 Å². The van der Waals surface area contributed by atoms with Crippen LogP contribution in [0.15, 0.2) is 18.2 Å². The normalized spacial score (nSPS) is 17.7. The van der Waals surface area contributed by atoms with Gasteiger partial charge >= 0.3 is 0 Å². The maximum absolute atomic E-state index is 13.5. The zero-order valence-electron chi connectivity index (χ0n) is 9.61. The van der Waals surface area contributed by atoms with Crippen molar-refractivity contribution >= 4 is 5.91 Å². The zero-order valence-corrected chi connectivity index (χ0v) is 9.61. The Morgan fingerprint density at radius 2 is 2.24 bits per heavy atom. The van der Waals surface area contributed by atoms with Gasteiger partial charge in [0, 0.05) is 19.2 Å². The van der Waals surface area contributed by atoms with E-state index < -0.39 is 5.82 Å². The van der Waals surface area contributed by atoms with Gasteiger partial charge in [0.2, 0.25) is 0 Å². The lowest BCUT2D eigenvalue weighted by Crippen LogP contribution is -2.68. The number of carbonyl (C=O) groups is 1. The number of likely N-dealkylation sites (tertiary alicyclic amines) is 1. The number of benzene rings is 1. The Kier molecular flexibility index (Phi) is 2.79. The van der Waals surface area contributed by atoms with Gasteiger partial charge in [0.15, 0.2) is 0 Å². The van der Waals surface area contributed by atoms with Crippen molar-refractivity contribution in [3.8, 4) is 5.75 Å². The second kappa shape index (κ2) is 4.00. The lowest BCUT2D eigenvalue weighted by Gasteiger charge is -2.47. The Balaban J connectivity index is 2.12. The van der Waals surface area contributed by atoms with Crippen LogP contribution in [0.25, 0.3) is 0 Å². The summed E-state index contributed by atoms with van der Waals surface area (Å²) in [7, 11) is 0. The van der Waals surface area contributed by atoms with Crippen LogP contribution in [0.3, 0.4) is 0 Å². The quantitative estimate of drug-likeness (QED) is 0.810. The van der Waals surface area contributed by atoms with Gasteiger partial charge in [-0.2, -0.15) is 0 Å². The number of hydrogen-bond acceptors (Lipinski definition) is 3. The van der Waals surface area contributed by atoms with E-state index >= 15 is 0 Å². The fourth-order valence-corrected chi connectivity index (χ4v) is 1.93. The number of amides is 1. The molecule has 1 fully saturated rings. The molecule has 0 radical (unpaired) electrons. The van der Waals surface area contributed by atoms with E-state index in [4.69, 9.17) is 10.8 Å². The number of aromatic hydroxyl groups is 1. The van der Waals surface area contributed by atoms with E-state index in [1.807, 2.05) is 6.92 Å². The van der Waals surface area contributed by atoms with Gasteiger partial charge in [-0.1, -0.05) is 6.92 Å². The molecule has 3 N–H and O–H groups in total. The minimum atomic E-state index is -0.707. The highest BCUT2D eigenvalue weighted by atomic mass is 19.1. The number of phenols is 1. The number of halogens is 1. The summed E-state index contributed by atoms with van der Waals surface area (Å²) in [4.78, 5) is 13.4. The minimum Gasteiger partial charge on any atom is -0.508 e. The van der Waals surface area contributed by atoms with Gasteiger partial charge in [-0.3, -0.25) is 4.79 Å². The summed E-state index contributed by atoms with van der Waals surface area (Å²) in [6.07, 6.45) is 0.787. The van der Waals surface area contributed by atoms with Crippen LogP contribution in [-0.2, 0) is 0 Å². The van der Waals surface area contributed by atoms with Crippen molar-refractivity contribution in [2.24, 2.45) is 5.73 Å². The predicted octanol–water partition coefficient (Wildman–Crippen LogP) is 1.09. The number of nitrogens with zero attached hydrogens (tertiary/aromatic N) is 1. The van der Waals surface area contributed by atoms with E-state index in [0.717, 1.165) is 12.5 Å². The highest BCUT2D eigenvalue weighted by Crippen LogP contribution is 2.25. The first-order valence-electron chi connectivity index (χ1n) is 5.52. The monoisotopic (exact) mass is 238 g/mol. The highest BCUT2D eigenvalue weighted by molar-refractivity contribution is 5.95. The summed E-state index contributed by atoms with van der Waals surface area (Å²) in [5.74, 6) is -1.28. The maximum atomic E-state index is 13.5. The molecule has 0 spiro atoms. The summed E-state index contributed by atoms with van der Waals surface area (Å²) in [5, 5.41) is 9.07. The first-order chi connectivity index (χ1) is 7.95. The summed E-state index contributed by atoms with van der Waals surface area (Å²) < 4.78 is 13.5. The topological polar surface area (TPSA) is 66.6 Å². The van der Waals surface area contributed by atoms with Gasteiger partial charge in [-0.25, -0.2) is 4.39 Å². The SMILES string of the molecule is CCC1(N)CN(C(=O)c2ccc(O)cc2F)C1. The minimum absolute atomic E-state index is 0.0269. The zero-order chi connectivity index (χ0) is 12.6. The first-order valence-corrected chi connectivity index (χ1v) is 5.52. The molecule has 0 aliphatic carbocycles. The molecule has 1 saturated heterocycles. The van der Waals surface area contributed by atoms with Crippen molar-refractivity contribution in [2.75, 3.05) is 13.1 Å². The van der Waals surface area contributed by atoms with Gasteiger partial charge < -0.3 is 15.7 Å². The molecule has 2 rings (SSSR count). The molecule has 92 valence electrons. The van der Waals surface area contributed by atoms with Crippen LogP contribution in [0.4, 0.5) is 4.39 Å². The molecular weight excluding hydrogens is 223 g/mol. The largest absolute Gasteiger partial charge is 0.508 e. The van der Waals surface area contributed by atoms with Crippen LogP contribution in [0.2, 0.25) is 0 Å². The highest BCUT2D eigenvalue weighted by Gasteiger charge is 2.41. The summed E-state index contributed by atoms with van der Waals surface area (Å²) in [6, 6.07) is 3.52. The Bertz CT molecular complexity index is 456. The molecule has 0 bridgehead atoms. The van der Waals surface area contributed by atoms with E-state index in [2.05, 4.69) is 0 Å². The van der Waals surface area contributed by atoms with E-state index in [1.165, 1.54) is 17.0 Å². The van der Waals surface area contributed by atoms with Crippen molar-refractivity contribution in [2.45, 2.75) is 18.9 Å². The van der Waals surface area contributed by atoms with E-state index in [0.29, 0.717) is 13.1 Å². The predicted molar refractivity (Wildman–Crippen MR) is 61.2 cm³/mol. The lowest BCUT2D eigenvalue weighted by molar-refractivity contribution is 0.0397. The number of rotatable bonds is 2. The number of carbonyl (C=O) groups excluding carboxylic acids is 1. The van der Waals surface area contributed by atoms with Crippen LogP contribution >= 0.6 is 0 Å². The number of nitrogens with two attached hydrogens (primary N) is 1. The Morgan fingerprint density at radius 1 is 1.59 bits per heavy atom. The molecule has 0 aromatic heterocycles. The molecule has 0 atom stereocenters. The third-order valence-electron chi connectivity index (χ3n) is 3.19. The number of hydrogen-bond donors (Lipinski definition) is 2. The molecule has 1 amide bonds. The van der Waals surface area contributed by atoms with Crippen LogP contribution in [0.5, 0.6) is 5.75 Å². The van der Waals surface area contributed by atoms with Crippen molar-refractivity contribution in [3.63, 3.8) is 0 Å². The van der Waals surface area contributed by atoms with Gasteiger partial charge in [-0.15, -0.1) is 0 Å². The third-order valence-corrected chi connectivity index (χ3v) is 3.19. The first kappa shape index (κ1) is 11.9. The molecule has 5 heteroatoms. The van der Waals surface area contributed by atoms with Crippen LogP contribution in [0.1, 0.15) is 23.7 Å². The lowest BCUT2D eigenvalue weighted by atomic mass is 9.88. The van der Waals surface area contributed by atoms with Crippen LogP contribution < -0.4 is 5.73 Å². The average Bonchev–Trinajstić information content (AvgIpc) is 2.24. The van der Waals surface area contributed by atoms with Gasteiger partial charge in [0.25, 0.3) is 5.91 Å². The van der Waals surface area contributed by atoms with E-state index in [9.17, 15) is 9.18 Å². The van der Waals surface area contributed by atoms with Gasteiger partial charge in [-0.05, 0) is 18.6 Å².